The lowest BCUT2D eigenvalue weighted by Gasteiger charge is -2.07. The van der Waals surface area contributed by atoms with Gasteiger partial charge in [0.05, 0.1) is 6.20 Å². The third kappa shape index (κ3) is 1.66. The molecule has 3 rings (SSSR count). The van der Waals surface area contributed by atoms with Crippen molar-refractivity contribution >= 4 is 22.8 Å². The molecular formula is C13H15FN2S. The lowest BCUT2D eigenvalue weighted by Crippen LogP contribution is -2.01. The third-order valence-electron chi connectivity index (χ3n) is 3.34. The Hall–Kier alpha value is -1.03. The van der Waals surface area contributed by atoms with Crippen molar-refractivity contribution in [3.05, 3.63) is 29.8 Å². The van der Waals surface area contributed by atoms with Gasteiger partial charge in [0.2, 0.25) is 0 Å². The third-order valence-corrected chi connectivity index (χ3v) is 4.71. The van der Waals surface area contributed by atoms with E-state index in [1.165, 1.54) is 11.8 Å². The van der Waals surface area contributed by atoms with Crippen LogP contribution in [0.2, 0.25) is 0 Å². The van der Waals surface area contributed by atoms with Crippen molar-refractivity contribution in [1.29, 1.82) is 0 Å². The molecule has 0 radical (unpaired) electrons. The lowest BCUT2D eigenvalue weighted by molar-refractivity contribution is 0.607. The Morgan fingerprint density at radius 2 is 2.24 bits per heavy atom. The van der Waals surface area contributed by atoms with E-state index in [1.54, 1.807) is 6.07 Å². The van der Waals surface area contributed by atoms with Crippen LogP contribution in [0.5, 0.6) is 0 Å². The van der Waals surface area contributed by atoms with Crippen LogP contribution in [0.15, 0.2) is 18.5 Å². The Kier molecular flexibility index (Phi) is 2.27. The van der Waals surface area contributed by atoms with Crippen LogP contribution in [0, 0.1) is 5.82 Å². The molecular weight excluding hydrogens is 235 g/mol. The molecule has 1 saturated heterocycles. The Labute approximate surface area is 104 Å². The Morgan fingerprint density at radius 1 is 1.53 bits per heavy atom. The maximum Gasteiger partial charge on any atom is 0.142 e. The first-order chi connectivity index (χ1) is 8.01. The van der Waals surface area contributed by atoms with E-state index in [4.69, 9.17) is 0 Å². The van der Waals surface area contributed by atoms with E-state index in [1.807, 2.05) is 11.8 Å². The van der Waals surface area contributed by atoms with Gasteiger partial charge in [0.25, 0.3) is 0 Å². The summed E-state index contributed by atoms with van der Waals surface area (Å²) in [5, 5.41) is 0.964. The Balaban J connectivity index is 2.31. The first-order valence-corrected chi connectivity index (χ1v) is 6.80. The van der Waals surface area contributed by atoms with Crippen molar-refractivity contribution in [2.45, 2.75) is 31.6 Å². The van der Waals surface area contributed by atoms with Crippen LogP contribution in [0.25, 0.3) is 11.0 Å². The van der Waals surface area contributed by atoms with Crippen molar-refractivity contribution in [2.75, 3.05) is 5.75 Å². The standard InChI is InChI=1S/C13H15FN2S/c1-8(2)16-6-11(13(3)7-17-13)10-4-9(14)5-15-12(10)16/h4-6,8H,7H2,1-3H3. The van der Waals surface area contributed by atoms with Gasteiger partial charge in [0, 0.05) is 28.1 Å². The lowest BCUT2D eigenvalue weighted by atomic mass is 10.0. The van der Waals surface area contributed by atoms with E-state index in [9.17, 15) is 4.39 Å². The van der Waals surface area contributed by atoms with Crippen LogP contribution in [0.4, 0.5) is 4.39 Å². The quantitative estimate of drug-likeness (QED) is 0.756. The van der Waals surface area contributed by atoms with E-state index < -0.39 is 0 Å². The van der Waals surface area contributed by atoms with E-state index in [2.05, 4.69) is 36.5 Å². The summed E-state index contributed by atoms with van der Waals surface area (Å²) in [5.74, 6) is 0.857. The molecule has 3 heterocycles. The molecule has 1 aliphatic heterocycles. The molecule has 17 heavy (non-hydrogen) atoms. The number of thioether (sulfide) groups is 1. The van der Waals surface area contributed by atoms with Gasteiger partial charge in [0.15, 0.2) is 0 Å². The van der Waals surface area contributed by atoms with Gasteiger partial charge in [-0.25, -0.2) is 9.37 Å². The second-order valence-electron chi connectivity index (χ2n) is 5.09. The predicted octanol–water partition coefficient (Wildman–Crippen LogP) is 3.72. The molecule has 0 saturated carbocycles. The highest BCUT2D eigenvalue weighted by molar-refractivity contribution is 8.07. The summed E-state index contributed by atoms with van der Waals surface area (Å²) in [6.45, 7) is 6.45. The number of rotatable bonds is 2. The molecule has 0 bridgehead atoms. The summed E-state index contributed by atoms with van der Waals surface area (Å²) in [7, 11) is 0. The SMILES string of the molecule is CC(C)n1cc(C2(C)CS2)c2cc(F)cnc21. The van der Waals surface area contributed by atoms with Crippen LogP contribution in [0.1, 0.15) is 32.4 Å². The topological polar surface area (TPSA) is 17.8 Å². The van der Waals surface area contributed by atoms with Crippen LogP contribution < -0.4 is 0 Å². The molecule has 2 nitrogen and oxygen atoms in total. The van der Waals surface area contributed by atoms with Crippen molar-refractivity contribution in [1.82, 2.24) is 9.55 Å². The molecule has 0 amide bonds. The van der Waals surface area contributed by atoms with Gasteiger partial charge < -0.3 is 4.57 Å². The highest BCUT2D eigenvalue weighted by Gasteiger charge is 2.42. The normalized spacial score (nSPS) is 23.6. The largest absolute Gasteiger partial charge is 0.330 e. The van der Waals surface area contributed by atoms with Crippen LogP contribution in [0.3, 0.4) is 0 Å². The molecule has 1 aliphatic rings. The predicted molar refractivity (Wildman–Crippen MR) is 69.9 cm³/mol. The molecule has 0 aromatic carbocycles. The minimum Gasteiger partial charge on any atom is -0.330 e. The summed E-state index contributed by atoms with van der Waals surface area (Å²) in [5.41, 5.74) is 2.11. The first kappa shape index (κ1) is 11.1. The van der Waals surface area contributed by atoms with Gasteiger partial charge in [0.1, 0.15) is 11.5 Å². The van der Waals surface area contributed by atoms with E-state index in [0.717, 1.165) is 16.8 Å². The fraction of sp³-hybridized carbons (Fsp3) is 0.462. The molecule has 2 aromatic heterocycles. The maximum atomic E-state index is 13.4. The monoisotopic (exact) mass is 250 g/mol. The van der Waals surface area contributed by atoms with Gasteiger partial charge in [-0.3, -0.25) is 0 Å². The second-order valence-corrected chi connectivity index (χ2v) is 6.57. The fourth-order valence-corrected chi connectivity index (χ4v) is 2.87. The van der Waals surface area contributed by atoms with Gasteiger partial charge in [-0.05, 0) is 32.4 Å². The number of aromatic nitrogens is 2. The number of fused-ring (bicyclic) bond motifs is 1. The minimum absolute atomic E-state index is 0.161. The summed E-state index contributed by atoms with van der Waals surface area (Å²) in [6.07, 6.45) is 3.44. The average molecular weight is 250 g/mol. The molecule has 4 heteroatoms. The van der Waals surface area contributed by atoms with Gasteiger partial charge in [-0.15, -0.1) is 11.8 Å². The molecule has 1 atom stereocenters. The summed E-state index contributed by atoms with van der Waals surface area (Å²) >= 11 is 1.91. The zero-order chi connectivity index (χ0) is 12.2. The number of nitrogens with zero attached hydrogens (tertiary/aromatic N) is 2. The van der Waals surface area contributed by atoms with Gasteiger partial charge in [-0.1, -0.05) is 0 Å². The smallest absolute Gasteiger partial charge is 0.142 e. The molecule has 1 fully saturated rings. The van der Waals surface area contributed by atoms with Gasteiger partial charge in [-0.2, -0.15) is 0 Å². The van der Waals surface area contributed by atoms with E-state index in [-0.39, 0.29) is 10.6 Å². The van der Waals surface area contributed by atoms with Crippen molar-refractivity contribution in [3.8, 4) is 0 Å². The first-order valence-electron chi connectivity index (χ1n) is 5.82. The zero-order valence-electron chi connectivity index (χ0n) is 10.2. The Morgan fingerprint density at radius 3 is 2.82 bits per heavy atom. The summed E-state index contributed by atoms with van der Waals surface area (Å²) < 4.78 is 15.7. The van der Waals surface area contributed by atoms with Gasteiger partial charge >= 0.3 is 0 Å². The Bertz CT molecular complexity index is 584. The number of hydrogen-bond donors (Lipinski definition) is 0. The number of halogens is 1. The minimum atomic E-state index is -0.255. The molecule has 0 aliphatic carbocycles. The van der Waals surface area contributed by atoms with Crippen LogP contribution in [-0.4, -0.2) is 15.3 Å². The fourth-order valence-electron chi connectivity index (χ4n) is 2.18. The molecule has 1 unspecified atom stereocenters. The van der Waals surface area contributed by atoms with E-state index in [0.29, 0.717) is 6.04 Å². The highest BCUT2D eigenvalue weighted by atomic mass is 32.2. The van der Waals surface area contributed by atoms with Crippen molar-refractivity contribution in [2.24, 2.45) is 0 Å². The van der Waals surface area contributed by atoms with Crippen LogP contribution in [-0.2, 0) is 4.75 Å². The van der Waals surface area contributed by atoms with Crippen LogP contribution >= 0.6 is 11.8 Å². The van der Waals surface area contributed by atoms with Crippen molar-refractivity contribution in [3.63, 3.8) is 0 Å². The molecule has 0 spiro atoms. The summed E-state index contributed by atoms with van der Waals surface area (Å²) in [4.78, 5) is 4.24. The molecule has 0 N–H and O–H groups in total. The summed E-state index contributed by atoms with van der Waals surface area (Å²) in [6, 6.07) is 1.96. The van der Waals surface area contributed by atoms with Crippen molar-refractivity contribution < 1.29 is 4.39 Å². The van der Waals surface area contributed by atoms with E-state index >= 15 is 0 Å². The molecule has 2 aromatic rings. The maximum absolute atomic E-state index is 13.4. The highest BCUT2D eigenvalue weighted by Crippen LogP contribution is 2.55. The average Bonchev–Trinajstić information content (AvgIpc) is 2.89. The number of hydrogen-bond acceptors (Lipinski definition) is 2. The zero-order valence-corrected chi connectivity index (χ0v) is 11.0. The second kappa shape index (κ2) is 3.48. The number of pyridine rings is 1. The molecule has 90 valence electrons.